The van der Waals surface area contributed by atoms with Crippen molar-refractivity contribution in [1.82, 2.24) is 14.6 Å². The Morgan fingerprint density at radius 3 is 2.56 bits per heavy atom. The Morgan fingerprint density at radius 2 is 1.93 bits per heavy atom. The fourth-order valence-corrected chi connectivity index (χ4v) is 3.03. The number of imidazole rings is 1. The van der Waals surface area contributed by atoms with Gasteiger partial charge in [-0.2, -0.15) is 0 Å². The lowest BCUT2D eigenvalue weighted by Crippen LogP contribution is -2.30. The lowest BCUT2D eigenvalue weighted by atomic mass is 9.99. The van der Waals surface area contributed by atoms with Crippen LogP contribution < -0.4 is 10.1 Å². The predicted octanol–water partition coefficient (Wildman–Crippen LogP) is 3.96. The molecule has 3 aromatic rings. The van der Waals surface area contributed by atoms with Crippen molar-refractivity contribution in [1.29, 1.82) is 0 Å². The largest absolute Gasteiger partial charge is 0.496 e. The number of ether oxygens (including phenoxy) is 1. The van der Waals surface area contributed by atoms with Gasteiger partial charge in [0.2, 0.25) is 0 Å². The summed E-state index contributed by atoms with van der Waals surface area (Å²) in [4.78, 5) is 4.49. The molecule has 0 amide bonds. The number of aliphatic hydroxyl groups excluding tert-OH is 1. The molecule has 0 aliphatic rings. The minimum atomic E-state index is -0.0549. The minimum absolute atomic E-state index is 0.0540. The monoisotopic (exact) mass is 368 g/mol. The van der Waals surface area contributed by atoms with E-state index >= 15 is 0 Å². The van der Waals surface area contributed by atoms with Crippen LogP contribution in [0, 0.1) is 5.92 Å². The van der Waals surface area contributed by atoms with Crippen molar-refractivity contribution >= 4 is 11.5 Å². The summed E-state index contributed by atoms with van der Waals surface area (Å²) in [6.07, 6.45) is 1.82. The van der Waals surface area contributed by atoms with Gasteiger partial charge in [-0.05, 0) is 41.7 Å². The van der Waals surface area contributed by atoms with E-state index in [4.69, 9.17) is 9.84 Å². The highest BCUT2D eigenvalue weighted by Gasteiger charge is 2.16. The number of rotatable bonds is 7. The molecule has 0 radical (unpaired) electrons. The Morgan fingerprint density at radius 1 is 1.15 bits per heavy atom. The third-order valence-electron chi connectivity index (χ3n) is 4.86. The summed E-state index contributed by atoms with van der Waals surface area (Å²) >= 11 is 0. The molecule has 1 atom stereocenters. The van der Waals surface area contributed by atoms with E-state index in [1.165, 1.54) is 5.56 Å². The standard InChI is InChI=1S/C21H28N4O2/c1-13(2)15-6-7-19(27-5)16(10-15)18-11-22-21-9-8-20(24-25(18)21)23-17(12-26)14(3)4/h6-11,13-14,17,26H,12H2,1-5H3,(H,23,24)/t17-/m0/s1. The van der Waals surface area contributed by atoms with Crippen molar-refractivity contribution in [2.24, 2.45) is 5.92 Å². The Kier molecular flexibility index (Phi) is 5.65. The number of methoxy groups -OCH3 is 1. The molecule has 27 heavy (non-hydrogen) atoms. The van der Waals surface area contributed by atoms with Gasteiger partial charge in [-0.3, -0.25) is 0 Å². The zero-order valence-electron chi connectivity index (χ0n) is 16.6. The smallest absolute Gasteiger partial charge is 0.154 e. The van der Waals surface area contributed by atoms with Crippen molar-refractivity contribution in [2.45, 2.75) is 39.7 Å². The topological polar surface area (TPSA) is 71.7 Å². The first-order chi connectivity index (χ1) is 12.9. The van der Waals surface area contributed by atoms with Crippen molar-refractivity contribution in [3.05, 3.63) is 42.1 Å². The molecule has 2 aromatic heterocycles. The number of nitrogens with one attached hydrogen (secondary N) is 1. The van der Waals surface area contributed by atoms with Crippen molar-refractivity contribution < 1.29 is 9.84 Å². The second-order valence-electron chi connectivity index (χ2n) is 7.42. The van der Waals surface area contributed by atoms with Gasteiger partial charge in [-0.25, -0.2) is 9.50 Å². The van der Waals surface area contributed by atoms with Crippen molar-refractivity contribution in [2.75, 3.05) is 19.0 Å². The lowest BCUT2D eigenvalue weighted by molar-refractivity contribution is 0.249. The van der Waals surface area contributed by atoms with E-state index in [9.17, 15) is 5.11 Å². The molecule has 0 saturated heterocycles. The van der Waals surface area contributed by atoms with E-state index < -0.39 is 0 Å². The van der Waals surface area contributed by atoms with Gasteiger partial charge in [0.1, 0.15) is 11.6 Å². The number of benzene rings is 1. The highest BCUT2D eigenvalue weighted by molar-refractivity contribution is 5.71. The minimum Gasteiger partial charge on any atom is -0.496 e. The van der Waals surface area contributed by atoms with Crippen LogP contribution in [0.4, 0.5) is 5.82 Å². The number of nitrogens with zero attached hydrogens (tertiary/aromatic N) is 3. The maximum absolute atomic E-state index is 9.59. The highest BCUT2D eigenvalue weighted by atomic mass is 16.5. The van der Waals surface area contributed by atoms with Gasteiger partial charge in [0.15, 0.2) is 5.65 Å². The summed E-state index contributed by atoms with van der Waals surface area (Å²) in [5.41, 5.74) is 3.83. The Labute approximate surface area is 160 Å². The molecule has 2 heterocycles. The Balaban J connectivity index is 2.08. The molecule has 2 N–H and O–H groups in total. The molecule has 0 saturated carbocycles. The van der Waals surface area contributed by atoms with E-state index in [-0.39, 0.29) is 18.6 Å². The van der Waals surface area contributed by atoms with Gasteiger partial charge in [-0.1, -0.05) is 33.8 Å². The fraction of sp³-hybridized carbons (Fsp3) is 0.429. The normalized spacial score (nSPS) is 12.7. The van der Waals surface area contributed by atoms with Crippen LogP contribution in [-0.2, 0) is 0 Å². The first-order valence-corrected chi connectivity index (χ1v) is 9.35. The zero-order chi connectivity index (χ0) is 19.6. The number of hydrogen-bond donors (Lipinski definition) is 2. The number of fused-ring (bicyclic) bond motifs is 1. The second kappa shape index (κ2) is 7.96. The van der Waals surface area contributed by atoms with Crippen molar-refractivity contribution in [3.63, 3.8) is 0 Å². The molecule has 0 unspecified atom stereocenters. The molecule has 0 aliphatic heterocycles. The van der Waals surface area contributed by atoms with Gasteiger partial charge in [0.05, 0.1) is 31.6 Å². The predicted molar refractivity (Wildman–Crippen MR) is 108 cm³/mol. The molecule has 0 aliphatic carbocycles. The molecule has 6 nitrogen and oxygen atoms in total. The first-order valence-electron chi connectivity index (χ1n) is 9.35. The quantitative estimate of drug-likeness (QED) is 0.660. The molecule has 6 heteroatoms. The number of anilines is 1. The Bertz CT molecular complexity index is 918. The molecular weight excluding hydrogens is 340 g/mol. The summed E-state index contributed by atoms with van der Waals surface area (Å²) in [7, 11) is 1.67. The second-order valence-corrected chi connectivity index (χ2v) is 7.42. The van der Waals surface area contributed by atoms with Crippen LogP contribution in [0.2, 0.25) is 0 Å². The van der Waals surface area contributed by atoms with Crippen LogP contribution >= 0.6 is 0 Å². The SMILES string of the molecule is COc1ccc(C(C)C)cc1-c1cnc2ccc(N[C@@H](CO)C(C)C)nn12. The summed E-state index contributed by atoms with van der Waals surface area (Å²) in [6.45, 7) is 8.52. The average molecular weight is 368 g/mol. The summed E-state index contributed by atoms with van der Waals surface area (Å²) in [5.74, 6) is 2.19. The third-order valence-corrected chi connectivity index (χ3v) is 4.86. The molecule has 1 aromatic carbocycles. The fourth-order valence-electron chi connectivity index (χ4n) is 3.03. The van der Waals surface area contributed by atoms with Crippen LogP contribution in [0.1, 0.15) is 39.2 Å². The maximum Gasteiger partial charge on any atom is 0.154 e. The van der Waals surface area contributed by atoms with Crippen molar-refractivity contribution in [3.8, 4) is 17.0 Å². The van der Waals surface area contributed by atoms with Crippen LogP contribution in [0.3, 0.4) is 0 Å². The van der Waals surface area contributed by atoms with E-state index in [2.05, 4.69) is 50.1 Å². The molecule has 0 spiro atoms. The third kappa shape index (κ3) is 3.90. The maximum atomic E-state index is 9.59. The molecular formula is C21H28N4O2. The number of aliphatic hydroxyl groups is 1. The number of hydrogen-bond acceptors (Lipinski definition) is 5. The van der Waals surface area contributed by atoms with E-state index in [1.54, 1.807) is 7.11 Å². The molecule has 144 valence electrons. The molecule has 0 bridgehead atoms. The number of aromatic nitrogens is 3. The van der Waals surface area contributed by atoms with E-state index in [0.717, 1.165) is 22.7 Å². The first kappa shape index (κ1) is 19.2. The van der Waals surface area contributed by atoms with Crippen LogP contribution in [0.5, 0.6) is 5.75 Å². The van der Waals surface area contributed by atoms with Gasteiger partial charge in [0.25, 0.3) is 0 Å². The Hall–Kier alpha value is -2.60. The van der Waals surface area contributed by atoms with Crippen LogP contribution in [0.25, 0.3) is 16.9 Å². The summed E-state index contributed by atoms with van der Waals surface area (Å²) in [6, 6.07) is 9.98. The van der Waals surface area contributed by atoms with Gasteiger partial charge >= 0.3 is 0 Å². The molecule has 3 rings (SSSR count). The van der Waals surface area contributed by atoms with Gasteiger partial charge in [0, 0.05) is 5.56 Å². The average Bonchev–Trinajstić information content (AvgIpc) is 3.08. The van der Waals surface area contributed by atoms with Gasteiger partial charge in [-0.15, -0.1) is 5.10 Å². The summed E-state index contributed by atoms with van der Waals surface area (Å²) in [5, 5.41) is 17.6. The molecule has 0 fully saturated rings. The zero-order valence-corrected chi connectivity index (χ0v) is 16.6. The van der Waals surface area contributed by atoms with E-state index in [0.29, 0.717) is 11.7 Å². The lowest BCUT2D eigenvalue weighted by Gasteiger charge is -2.20. The highest BCUT2D eigenvalue weighted by Crippen LogP contribution is 2.33. The summed E-state index contributed by atoms with van der Waals surface area (Å²) < 4.78 is 7.40. The van der Waals surface area contributed by atoms with E-state index in [1.807, 2.05) is 28.9 Å². The van der Waals surface area contributed by atoms with Crippen LogP contribution in [0.15, 0.2) is 36.5 Å². The van der Waals surface area contributed by atoms with Crippen LogP contribution in [-0.4, -0.2) is 39.5 Å². The van der Waals surface area contributed by atoms with Gasteiger partial charge < -0.3 is 15.2 Å².